The first-order valence-corrected chi connectivity index (χ1v) is 8.26. The second-order valence-electron chi connectivity index (χ2n) is 5.76. The molecule has 1 N–H and O–H groups in total. The van der Waals surface area contributed by atoms with Crippen LogP contribution in [0.15, 0.2) is 11.6 Å². The summed E-state index contributed by atoms with van der Waals surface area (Å²) in [5, 5.41) is 3.06. The molecule has 0 spiro atoms. The Morgan fingerprint density at radius 2 is 2.06 bits per heavy atom. The summed E-state index contributed by atoms with van der Waals surface area (Å²) in [6.45, 7) is 11.0. The largest absolute Gasteiger partial charge is 0.316 e. The van der Waals surface area contributed by atoms with Crippen molar-refractivity contribution in [1.82, 2.24) is 9.62 Å². The minimum atomic E-state index is -3.10. The molecule has 0 aromatic rings. The summed E-state index contributed by atoms with van der Waals surface area (Å²) in [7, 11) is -3.10. The Balaban J connectivity index is 2.59. The number of rotatable bonds is 5. The molecule has 0 aliphatic carbocycles. The lowest BCUT2D eigenvalue weighted by atomic mass is 9.83. The molecule has 0 amide bonds. The van der Waals surface area contributed by atoms with Gasteiger partial charge in [0.15, 0.2) is 0 Å². The van der Waals surface area contributed by atoms with Crippen LogP contribution >= 0.6 is 0 Å². The maximum atomic E-state index is 12.1. The third-order valence-corrected chi connectivity index (χ3v) is 5.15. The summed E-state index contributed by atoms with van der Waals surface area (Å²) < 4.78 is 25.7. The van der Waals surface area contributed by atoms with Crippen molar-refractivity contribution in [2.45, 2.75) is 34.1 Å². The maximum absolute atomic E-state index is 12.1. The highest BCUT2D eigenvalue weighted by atomic mass is 32.2. The summed E-state index contributed by atoms with van der Waals surface area (Å²) in [5.74, 6) is 0.194. The predicted molar refractivity (Wildman–Crippen MR) is 76.1 cm³/mol. The average Bonchev–Trinajstić information content (AvgIpc) is 2.28. The van der Waals surface area contributed by atoms with Crippen molar-refractivity contribution < 1.29 is 8.42 Å². The third kappa shape index (κ3) is 4.37. The van der Waals surface area contributed by atoms with Crippen LogP contribution in [0.5, 0.6) is 0 Å². The van der Waals surface area contributed by atoms with Gasteiger partial charge in [-0.05, 0) is 18.4 Å². The van der Waals surface area contributed by atoms with E-state index in [9.17, 15) is 8.42 Å². The molecular weight excluding hydrogens is 248 g/mol. The lowest BCUT2D eigenvalue weighted by molar-refractivity contribution is 0.389. The van der Waals surface area contributed by atoms with Crippen molar-refractivity contribution in [3.8, 4) is 0 Å². The number of nitrogens with zero attached hydrogens (tertiary/aromatic N) is 1. The average molecular weight is 274 g/mol. The van der Waals surface area contributed by atoms with Gasteiger partial charge in [0.1, 0.15) is 0 Å². The topological polar surface area (TPSA) is 49.4 Å². The van der Waals surface area contributed by atoms with Gasteiger partial charge >= 0.3 is 0 Å². The number of sulfonamides is 1. The Labute approximate surface area is 111 Å². The molecule has 4 nitrogen and oxygen atoms in total. The zero-order chi connectivity index (χ0) is 13.8. The zero-order valence-electron chi connectivity index (χ0n) is 12.0. The summed E-state index contributed by atoms with van der Waals surface area (Å²) in [4.78, 5) is 0. The van der Waals surface area contributed by atoms with E-state index in [2.05, 4.69) is 32.2 Å². The number of hydrogen-bond acceptors (Lipinski definition) is 3. The van der Waals surface area contributed by atoms with Crippen LogP contribution in [0, 0.1) is 5.41 Å². The zero-order valence-corrected chi connectivity index (χ0v) is 12.8. The second-order valence-corrected chi connectivity index (χ2v) is 7.85. The van der Waals surface area contributed by atoms with E-state index in [0.717, 1.165) is 13.0 Å². The highest BCUT2D eigenvalue weighted by Gasteiger charge is 2.27. The van der Waals surface area contributed by atoms with Crippen LogP contribution in [0.25, 0.3) is 0 Å². The minimum absolute atomic E-state index is 0.152. The molecule has 0 radical (unpaired) electrons. The molecule has 0 aromatic carbocycles. The summed E-state index contributed by atoms with van der Waals surface area (Å²) in [6.07, 6.45) is 2.93. The highest BCUT2D eigenvalue weighted by molar-refractivity contribution is 7.89. The van der Waals surface area contributed by atoms with Crippen LogP contribution in [0.2, 0.25) is 0 Å². The molecule has 0 unspecified atom stereocenters. The van der Waals surface area contributed by atoms with Gasteiger partial charge in [0.2, 0.25) is 10.0 Å². The first kappa shape index (κ1) is 15.7. The van der Waals surface area contributed by atoms with E-state index in [4.69, 9.17) is 0 Å². The molecule has 1 aliphatic rings. The van der Waals surface area contributed by atoms with Crippen LogP contribution < -0.4 is 5.32 Å². The lowest BCUT2D eigenvalue weighted by Crippen LogP contribution is -2.39. The van der Waals surface area contributed by atoms with Gasteiger partial charge < -0.3 is 5.32 Å². The molecule has 18 heavy (non-hydrogen) atoms. The van der Waals surface area contributed by atoms with Crippen LogP contribution in [0.4, 0.5) is 0 Å². The monoisotopic (exact) mass is 274 g/mol. The molecule has 0 atom stereocenters. The second kappa shape index (κ2) is 6.17. The fourth-order valence-corrected chi connectivity index (χ4v) is 3.42. The summed E-state index contributed by atoms with van der Waals surface area (Å²) >= 11 is 0. The van der Waals surface area contributed by atoms with Gasteiger partial charge in [-0.1, -0.05) is 39.3 Å². The van der Waals surface area contributed by atoms with Crippen molar-refractivity contribution in [3.05, 3.63) is 11.6 Å². The van der Waals surface area contributed by atoms with Crippen LogP contribution in [0.3, 0.4) is 0 Å². The van der Waals surface area contributed by atoms with Crippen molar-refractivity contribution >= 4 is 10.0 Å². The van der Waals surface area contributed by atoms with Crippen LogP contribution in [0.1, 0.15) is 34.1 Å². The smallest absolute Gasteiger partial charge is 0.215 e. The molecule has 0 saturated heterocycles. The summed E-state index contributed by atoms with van der Waals surface area (Å²) in [6, 6.07) is 0. The van der Waals surface area contributed by atoms with E-state index in [1.807, 2.05) is 6.92 Å². The Morgan fingerprint density at radius 1 is 1.39 bits per heavy atom. The lowest BCUT2D eigenvalue weighted by Gasteiger charge is -2.31. The Hall–Kier alpha value is -0.390. The van der Waals surface area contributed by atoms with Gasteiger partial charge in [0.25, 0.3) is 0 Å². The van der Waals surface area contributed by atoms with Crippen LogP contribution in [-0.4, -0.2) is 44.7 Å². The van der Waals surface area contributed by atoms with Crippen molar-refractivity contribution in [3.63, 3.8) is 0 Å². The Morgan fingerprint density at radius 3 is 2.50 bits per heavy atom. The molecule has 0 bridgehead atoms. The van der Waals surface area contributed by atoms with Crippen molar-refractivity contribution in [1.29, 1.82) is 0 Å². The maximum Gasteiger partial charge on any atom is 0.215 e. The van der Waals surface area contributed by atoms with E-state index in [0.29, 0.717) is 19.6 Å². The first-order valence-electron chi connectivity index (χ1n) is 6.65. The predicted octanol–water partition coefficient (Wildman–Crippen LogP) is 1.60. The van der Waals surface area contributed by atoms with Gasteiger partial charge in [-0.2, -0.15) is 4.31 Å². The molecule has 0 aromatic heterocycles. The minimum Gasteiger partial charge on any atom is -0.316 e. The normalized spacial score (nSPS) is 18.8. The fourth-order valence-electron chi connectivity index (χ4n) is 2.09. The van der Waals surface area contributed by atoms with E-state index >= 15 is 0 Å². The van der Waals surface area contributed by atoms with Crippen LogP contribution in [-0.2, 0) is 10.0 Å². The molecule has 1 heterocycles. The Kier molecular flexibility index (Phi) is 5.37. The van der Waals surface area contributed by atoms with Gasteiger partial charge in [-0.25, -0.2) is 8.42 Å². The summed E-state index contributed by atoms with van der Waals surface area (Å²) in [5.41, 5.74) is 1.51. The first-order chi connectivity index (χ1) is 8.27. The molecule has 106 valence electrons. The van der Waals surface area contributed by atoms with E-state index in [1.54, 1.807) is 4.31 Å². The van der Waals surface area contributed by atoms with Gasteiger partial charge in [0.05, 0.1) is 5.75 Å². The number of nitrogens with one attached hydrogen (secondary N) is 1. The number of hydrogen-bond donors (Lipinski definition) is 1. The quantitative estimate of drug-likeness (QED) is 0.612. The molecule has 1 rings (SSSR count). The molecule has 1 aliphatic heterocycles. The van der Waals surface area contributed by atoms with Gasteiger partial charge in [-0.3, -0.25) is 0 Å². The van der Waals surface area contributed by atoms with Crippen molar-refractivity contribution in [2.75, 3.05) is 31.9 Å². The molecule has 0 saturated carbocycles. The third-order valence-electron chi connectivity index (χ3n) is 3.32. The SMILES string of the molecule is CCNCCS(=O)(=O)N1CC=C(C(C)(C)C)CC1. The fraction of sp³-hybridized carbons (Fsp3) is 0.846. The van der Waals surface area contributed by atoms with E-state index in [1.165, 1.54) is 5.57 Å². The van der Waals surface area contributed by atoms with Gasteiger partial charge in [0, 0.05) is 19.6 Å². The Bertz CT molecular complexity index is 394. The molecular formula is C13H26N2O2S. The highest BCUT2D eigenvalue weighted by Crippen LogP contribution is 2.30. The van der Waals surface area contributed by atoms with Gasteiger partial charge in [-0.15, -0.1) is 0 Å². The molecule has 5 heteroatoms. The van der Waals surface area contributed by atoms with E-state index in [-0.39, 0.29) is 11.2 Å². The van der Waals surface area contributed by atoms with E-state index < -0.39 is 10.0 Å². The van der Waals surface area contributed by atoms with Crippen molar-refractivity contribution in [2.24, 2.45) is 5.41 Å². The molecule has 0 fully saturated rings. The standard InChI is InChI=1S/C13H26N2O2S/c1-5-14-8-11-18(16,17)15-9-6-12(7-10-15)13(2,3)4/h6,14H,5,7-11H2,1-4H3.